The number of hydrogen-bond acceptors (Lipinski definition) is 7. The summed E-state index contributed by atoms with van der Waals surface area (Å²) in [6.45, 7) is 1.26. The number of likely N-dealkylation sites (N-methyl/N-ethyl adjacent to an activating group) is 1. The van der Waals surface area contributed by atoms with Gasteiger partial charge in [0.15, 0.2) is 0 Å². The van der Waals surface area contributed by atoms with Crippen LogP contribution in [0.2, 0.25) is 0 Å². The maximum atomic E-state index is 13.0. The summed E-state index contributed by atoms with van der Waals surface area (Å²) in [5.74, 6) is -0.825. The summed E-state index contributed by atoms with van der Waals surface area (Å²) in [6.07, 6.45) is 3.54. The number of primary amides is 1. The van der Waals surface area contributed by atoms with Gasteiger partial charge in [0.1, 0.15) is 17.2 Å². The number of hydrogen-bond donors (Lipinski definition) is 7. The summed E-state index contributed by atoms with van der Waals surface area (Å²) in [7, 11) is 1.66. The largest absolute Gasteiger partial charge is 0.355 e. The Bertz CT molecular complexity index is 596. The summed E-state index contributed by atoms with van der Waals surface area (Å²) in [5.41, 5.74) is 11.8. The molecule has 0 spiro atoms. The first-order valence-corrected chi connectivity index (χ1v) is 9.70. The fraction of sp³-hybridized carbons (Fsp3) is 0.765. The van der Waals surface area contributed by atoms with Crippen molar-refractivity contribution in [3.05, 3.63) is 0 Å². The number of carbonyl (C=O) groups excluding carboxylic acids is 4. The minimum Gasteiger partial charge on any atom is -0.355 e. The van der Waals surface area contributed by atoms with Gasteiger partial charge in [0, 0.05) is 26.2 Å². The number of nitrogens with two attached hydrogens (primary N) is 1. The first-order valence-electron chi connectivity index (χ1n) is 9.70. The van der Waals surface area contributed by atoms with Gasteiger partial charge < -0.3 is 31.8 Å². The molecular weight excluding hydrogens is 380 g/mol. The Morgan fingerprint density at radius 2 is 1.83 bits per heavy atom. The topological polar surface area (TPSA) is 191 Å². The molecule has 0 aromatic heterocycles. The fourth-order valence-electron chi connectivity index (χ4n) is 3.28. The van der Waals surface area contributed by atoms with E-state index in [1.807, 2.05) is 0 Å². The molecule has 29 heavy (non-hydrogen) atoms. The van der Waals surface area contributed by atoms with Crippen molar-refractivity contribution in [2.45, 2.75) is 44.1 Å². The monoisotopic (exact) mass is 412 g/mol. The molecule has 1 fully saturated rings. The Kier molecular flexibility index (Phi) is 10.00. The van der Waals surface area contributed by atoms with Crippen LogP contribution < -0.4 is 32.4 Å². The predicted molar refractivity (Wildman–Crippen MR) is 105 cm³/mol. The van der Waals surface area contributed by atoms with Crippen molar-refractivity contribution in [3.8, 4) is 0 Å². The van der Waals surface area contributed by atoms with E-state index in [0.717, 1.165) is 6.42 Å². The first-order chi connectivity index (χ1) is 13.9. The average molecular weight is 412 g/mol. The standard InChI is InChI=1S/C17H32N8O4/c1-20-11-16(12-26,5-3-8-22-15(18)29)24-14(28)17(6-2-7-17)13(27)21-9-4-10-23-25-19/h12,20H,2-11H2,1H3,(H2,19,23)(H,21,27)(H,24,28)(H3,18,22,29)/t16-/m1/s1. The molecule has 0 aliphatic heterocycles. The molecule has 0 radical (unpaired) electrons. The second-order valence-corrected chi connectivity index (χ2v) is 7.22. The normalized spacial score (nSPS) is 16.4. The number of amides is 4. The molecule has 12 nitrogen and oxygen atoms in total. The lowest BCUT2D eigenvalue weighted by Crippen LogP contribution is -2.63. The van der Waals surface area contributed by atoms with Gasteiger partial charge in [0.05, 0.1) is 0 Å². The maximum Gasteiger partial charge on any atom is 0.312 e. The number of nitrogens with one attached hydrogen (secondary N) is 6. The summed E-state index contributed by atoms with van der Waals surface area (Å²) in [4.78, 5) is 48.3. The van der Waals surface area contributed by atoms with Crippen LogP contribution in [0.4, 0.5) is 4.79 Å². The molecule has 164 valence electrons. The van der Waals surface area contributed by atoms with Crippen LogP contribution in [0, 0.1) is 10.9 Å². The second kappa shape index (κ2) is 11.9. The molecular formula is C17H32N8O4. The van der Waals surface area contributed by atoms with E-state index >= 15 is 0 Å². The molecule has 1 aliphatic carbocycles. The van der Waals surface area contributed by atoms with E-state index in [1.54, 1.807) is 7.05 Å². The van der Waals surface area contributed by atoms with E-state index in [9.17, 15) is 19.2 Å². The lowest BCUT2D eigenvalue weighted by atomic mass is 9.67. The third kappa shape index (κ3) is 6.97. The molecule has 0 bridgehead atoms. The Labute approximate surface area is 170 Å². The number of urea groups is 1. The molecule has 0 unspecified atom stereocenters. The molecule has 0 aromatic rings. The Balaban J connectivity index is 2.73. The maximum absolute atomic E-state index is 13.0. The van der Waals surface area contributed by atoms with Crippen LogP contribution >= 0.6 is 0 Å². The number of rotatable bonds is 15. The van der Waals surface area contributed by atoms with Gasteiger partial charge in [-0.1, -0.05) is 11.6 Å². The van der Waals surface area contributed by atoms with Gasteiger partial charge in [-0.15, -0.1) is 0 Å². The molecule has 1 atom stereocenters. The Morgan fingerprint density at radius 3 is 2.34 bits per heavy atom. The lowest BCUT2D eigenvalue weighted by molar-refractivity contribution is -0.151. The van der Waals surface area contributed by atoms with Crippen LogP contribution in [-0.4, -0.2) is 62.9 Å². The summed E-state index contributed by atoms with van der Waals surface area (Å²) >= 11 is 0. The smallest absolute Gasteiger partial charge is 0.312 e. The van der Waals surface area contributed by atoms with Gasteiger partial charge in [-0.2, -0.15) is 5.53 Å². The highest BCUT2D eigenvalue weighted by Crippen LogP contribution is 2.42. The van der Waals surface area contributed by atoms with E-state index in [1.165, 1.54) is 0 Å². The van der Waals surface area contributed by atoms with Crippen LogP contribution in [0.25, 0.3) is 0 Å². The van der Waals surface area contributed by atoms with Gasteiger partial charge in [0.25, 0.3) is 0 Å². The highest BCUT2D eigenvalue weighted by molar-refractivity contribution is 6.06. The van der Waals surface area contributed by atoms with Crippen LogP contribution in [0.15, 0.2) is 5.22 Å². The quantitative estimate of drug-likeness (QED) is 0.0588. The van der Waals surface area contributed by atoms with E-state index in [2.05, 4.69) is 31.9 Å². The molecule has 0 aromatic carbocycles. The second-order valence-electron chi connectivity index (χ2n) is 7.22. The van der Waals surface area contributed by atoms with Gasteiger partial charge in [-0.3, -0.25) is 15.0 Å². The molecule has 1 saturated carbocycles. The van der Waals surface area contributed by atoms with Crippen molar-refractivity contribution in [1.29, 1.82) is 5.53 Å². The Morgan fingerprint density at radius 1 is 1.14 bits per heavy atom. The van der Waals surface area contributed by atoms with Crippen LogP contribution in [0.5, 0.6) is 0 Å². The van der Waals surface area contributed by atoms with Crippen LogP contribution in [0.1, 0.15) is 38.5 Å². The molecule has 1 aliphatic rings. The number of carbonyl (C=O) groups is 4. The molecule has 8 N–H and O–H groups in total. The minimum atomic E-state index is -1.19. The predicted octanol–water partition coefficient (Wildman–Crippen LogP) is -1.08. The Hall–Kier alpha value is -2.76. The fourth-order valence-corrected chi connectivity index (χ4v) is 3.28. The van der Waals surface area contributed by atoms with Gasteiger partial charge in [-0.05, 0) is 39.2 Å². The molecule has 12 heteroatoms. The lowest BCUT2D eigenvalue weighted by Gasteiger charge is -2.41. The highest BCUT2D eigenvalue weighted by Gasteiger charge is 2.52. The zero-order valence-electron chi connectivity index (χ0n) is 16.8. The van der Waals surface area contributed by atoms with Crippen molar-refractivity contribution >= 4 is 24.1 Å². The molecule has 4 amide bonds. The molecule has 0 heterocycles. The van der Waals surface area contributed by atoms with E-state index < -0.39 is 22.9 Å². The summed E-state index contributed by atoms with van der Waals surface area (Å²) in [5, 5.41) is 13.9. The van der Waals surface area contributed by atoms with Gasteiger partial charge in [-0.25, -0.2) is 4.79 Å². The van der Waals surface area contributed by atoms with Crippen LogP contribution in [0.3, 0.4) is 0 Å². The summed E-state index contributed by atoms with van der Waals surface area (Å²) in [6, 6.07) is -0.656. The minimum absolute atomic E-state index is 0.193. The third-order valence-electron chi connectivity index (χ3n) is 5.09. The van der Waals surface area contributed by atoms with Gasteiger partial charge >= 0.3 is 6.03 Å². The molecule has 0 saturated heterocycles. The number of aldehydes is 1. The highest BCUT2D eigenvalue weighted by atomic mass is 16.2. The van der Waals surface area contributed by atoms with Crippen LogP contribution in [-0.2, 0) is 14.4 Å². The zero-order chi connectivity index (χ0) is 21.8. The van der Waals surface area contributed by atoms with Crippen molar-refractivity contribution < 1.29 is 19.2 Å². The van der Waals surface area contributed by atoms with Crippen molar-refractivity contribution in [1.82, 2.24) is 26.7 Å². The van der Waals surface area contributed by atoms with Gasteiger partial charge in [0.2, 0.25) is 11.8 Å². The summed E-state index contributed by atoms with van der Waals surface area (Å²) < 4.78 is 0. The van der Waals surface area contributed by atoms with Crippen molar-refractivity contribution in [2.75, 3.05) is 33.2 Å². The molecule has 1 rings (SSSR count). The van der Waals surface area contributed by atoms with E-state index in [4.69, 9.17) is 11.3 Å². The first kappa shape index (κ1) is 24.3. The van der Waals surface area contributed by atoms with E-state index in [0.29, 0.717) is 45.1 Å². The van der Waals surface area contributed by atoms with E-state index in [-0.39, 0.29) is 25.4 Å². The zero-order valence-corrected chi connectivity index (χ0v) is 16.8. The SMILES string of the molecule is CNC[C@@](C=O)(CCCNC(N)=O)NC(=O)C1(C(=O)NCCCNN=N)CCC1. The average Bonchev–Trinajstić information content (AvgIpc) is 2.64. The number of nitrogens with zero attached hydrogens (tertiary/aromatic N) is 1. The van der Waals surface area contributed by atoms with Crippen molar-refractivity contribution in [3.63, 3.8) is 0 Å². The van der Waals surface area contributed by atoms with Crippen molar-refractivity contribution in [2.24, 2.45) is 16.4 Å². The third-order valence-corrected chi connectivity index (χ3v) is 5.09.